The Morgan fingerprint density at radius 3 is 2.51 bits per heavy atom. The van der Waals surface area contributed by atoms with Crippen molar-refractivity contribution in [3.05, 3.63) is 86.3 Å². The minimum absolute atomic E-state index is 0.0153. The summed E-state index contributed by atoms with van der Waals surface area (Å²) in [7, 11) is 0. The second kappa shape index (κ2) is 11.6. The van der Waals surface area contributed by atoms with Crippen LogP contribution in [0.3, 0.4) is 0 Å². The van der Waals surface area contributed by atoms with Crippen molar-refractivity contribution in [1.82, 2.24) is 9.47 Å². The maximum Gasteiger partial charge on any atom is 0.294 e. The Bertz CT molecular complexity index is 1580. The van der Waals surface area contributed by atoms with Crippen LogP contribution in [0, 0.1) is 29.8 Å². The number of imide groups is 1. The van der Waals surface area contributed by atoms with E-state index in [1.165, 1.54) is 30.3 Å². The zero-order valence-corrected chi connectivity index (χ0v) is 23.1. The van der Waals surface area contributed by atoms with E-state index in [9.17, 15) is 28.9 Å². The Kier molecular flexibility index (Phi) is 7.90. The van der Waals surface area contributed by atoms with Crippen LogP contribution in [0.4, 0.5) is 26.2 Å². The van der Waals surface area contributed by atoms with Crippen LogP contribution in [0.2, 0.25) is 0 Å². The number of aryl methyl sites for hydroxylation is 1. The second-order valence-electron chi connectivity index (χ2n) is 9.51. The fourth-order valence-electron chi connectivity index (χ4n) is 4.85. The third-order valence-corrected chi connectivity index (χ3v) is 7.73. The highest BCUT2D eigenvalue weighted by Gasteiger charge is 2.36. The van der Waals surface area contributed by atoms with Crippen molar-refractivity contribution in [2.24, 2.45) is 0 Å². The number of rotatable bonds is 7. The summed E-state index contributed by atoms with van der Waals surface area (Å²) < 4.78 is 20.3. The molecule has 0 saturated carbocycles. The number of aromatic nitrogens is 1. The van der Waals surface area contributed by atoms with Gasteiger partial charge in [-0.15, -0.1) is 0 Å². The van der Waals surface area contributed by atoms with Gasteiger partial charge in [0.25, 0.3) is 16.8 Å². The number of benzene rings is 2. The van der Waals surface area contributed by atoms with Gasteiger partial charge in [-0.05, 0) is 79.7 Å². The number of nitrogens with zero attached hydrogens (tertiary/aromatic N) is 4. The van der Waals surface area contributed by atoms with Crippen LogP contribution in [0.1, 0.15) is 17.0 Å². The van der Waals surface area contributed by atoms with Gasteiger partial charge in [-0.25, -0.2) is 4.39 Å². The minimum Gasteiger partial charge on any atom is -0.378 e. The highest BCUT2D eigenvalue weighted by atomic mass is 32.2. The molecule has 13 heteroatoms. The largest absolute Gasteiger partial charge is 0.378 e. The highest BCUT2D eigenvalue weighted by molar-refractivity contribution is 8.18. The average Bonchev–Trinajstić information content (AvgIpc) is 3.38. The molecule has 2 aromatic carbocycles. The van der Waals surface area contributed by atoms with E-state index in [0.29, 0.717) is 48.9 Å². The van der Waals surface area contributed by atoms with E-state index in [0.717, 1.165) is 28.0 Å². The number of morpholine rings is 1. The average molecular weight is 580 g/mol. The Morgan fingerprint density at radius 2 is 1.83 bits per heavy atom. The zero-order valence-electron chi connectivity index (χ0n) is 22.3. The minimum atomic E-state index is -0.607. The molecule has 0 atom stereocenters. The zero-order chi connectivity index (χ0) is 29.3. The quantitative estimate of drug-likeness (QED) is 0.243. The van der Waals surface area contributed by atoms with Crippen molar-refractivity contribution < 1.29 is 28.4 Å². The van der Waals surface area contributed by atoms with Crippen LogP contribution in [-0.4, -0.2) is 64.3 Å². The van der Waals surface area contributed by atoms with E-state index in [2.05, 4.69) is 5.32 Å². The first-order valence-corrected chi connectivity index (χ1v) is 13.6. The number of hydrogen-bond donors (Lipinski definition) is 1. The van der Waals surface area contributed by atoms with Gasteiger partial charge in [0.05, 0.1) is 28.7 Å². The van der Waals surface area contributed by atoms with Crippen molar-refractivity contribution in [2.75, 3.05) is 43.1 Å². The van der Waals surface area contributed by atoms with Gasteiger partial charge in [0.2, 0.25) is 5.91 Å². The molecule has 0 aliphatic carbocycles. The normalized spacial score (nSPS) is 16.5. The second-order valence-corrected chi connectivity index (χ2v) is 10.5. The Hall–Kier alpha value is -4.49. The number of nitrogens with one attached hydrogen (secondary N) is 1. The molecule has 0 spiro atoms. The Balaban J connectivity index is 1.37. The molecule has 3 heterocycles. The Morgan fingerprint density at radius 1 is 1.12 bits per heavy atom. The lowest BCUT2D eigenvalue weighted by molar-refractivity contribution is -0.384. The van der Waals surface area contributed by atoms with Gasteiger partial charge in [-0.2, -0.15) is 0 Å². The number of thioether (sulfide) groups is 1. The predicted molar refractivity (Wildman–Crippen MR) is 153 cm³/mol. The number of halogens is 1. The van der Waals surface area contributed by atoms with Gasteiger partial charge >= 0.3 is 0 Å². The SMILES string of the molecule is Cc1cc(/C=C2\SC(=O)N(CC(=O)Nc3ccc(F)cc3)C2=O)c(C)n1-c1ccc(N2CCOCC2)c([N+](=O)[O-])c1. The molecule has 1 N–H and O–H groups in total. The van der Waals surface area contributed by atoms with Crippen LogP contribution >= 0.6 is 11.8 Å². The molecular weight excluding hydrogens is 553 g/mol. The topological polar surface area (TPSA) is 127 Å². The summed E-state index contributed by atoms with van der Waals surface area (Å²) in [6.45, 7) is 5.31. The van der Waals surface area contributed by atoms with Gasteiger partial charge in [-0.3, -0.25) is 29.4 Å². The van der Waals surface area contributed by atoms with Crippen molar-refractivity contribution in [1.29, 1.82) is 0 Å². The molecule has 2 aliphatic rings. The first-order chi connectivity index (χ1) is 19.6. The smallest absolute Gasteiger partial charge is 0.294 e. The lowest BCUT2D eigenvalue weighted by Gasteiger charge is -2.28. The fraction of sp³-hybridized carbons (Fsp3) is 0.250. The summed E-state index contributed by atoms with van der Waals surface area (Å²) in [5.41, 5.74) is 3.60. The number of amides is 3. The summed E-state index contributed by atoms with van der Waals surface area (Å²) in [6.07, 6.45) is 1.58. The van der Waals surface area contributed by atoms with Crippen molar-refractivity contribution in [3.63, 3.8) is 0 Å². The number of anilines is 2. The number of nitro benzene ring substituents is 1. The van der Waals surface area contributed by atoms with E-state index < -0.39 is 34.3 Å². The third kappa shape index (κ3) is 5.86. The van der Waals surface area contributed by atoms with Crippen LogP contribution in [0.25, 0.3) is 11.8 Å². The number of carbonyl (C=O) groups is 3. The summed E-state index contributed by atoms with van der Waals surface area (Å²) in [5.74, 6) is -1.66. The molecule has 41 heavy (non-hydrogen) atoms. The molecule has 1 aromatic heterocycles. The van der Waals surface area contributed by atoms with Gasteiger partial charge in [0.1, 0.15) is 18.0 Å². The van der Waals surface area contributed by atoms with Crippen LogP contribution in [0.15, 0.2) is 53.4 Å². The summed E-state index contributed by atoms with van der Waals surface area (Å²) >= 11 is 0.725. The molecule has 0 unspecified atom stereocenters. The summed E-state index contributed by atoms with van der Waals surface area (Å²) in [6, 6.07) is 12.0. The van der Waals surface area contributed by atoms with E-state index in [1.807, 2.05) is 35.4 Å². The first-order valence-electron chi connectivity index (χ1n) is 12.7. The van der Waals surface area contributed by atoms with Crippen molar-refractivity contribution in [2.45, 2.75) is 13.8 Å². The van der Waals surface area contributed by atoms with E-state index in [4.69, 9.17) is 4.74 Å². The first kappa shape index (κ1) is 28.1. The number of ether oxygens (including phenoxy) is 1. The number of hydrogen-bond acceptors (Lipinski definition) is 8. The molecule has 3 aromatic rings. The fourth-order valence-corrected chi connectivity index (χ4v) is 5.68. The maximum absolute atomic E-state index is 13.1. The van der Waals surface area contributed by atoms with Gasteiger partial charge < -0.3 is 19.5 Å². The molecule has 2 aliphatic heterocycles. The molecule has 2 saturated heterocycles. The summed E-state index contributed by atoms with van der Waals surface area (Å²) in [4.78, 5) is 52.5. The van der Waals surface area contributed by atoms with Gasteiger partial charge in [-0.1, -0.05) is 0 Å². The lowest BCUT2D eigenvalue weighted by atomic mass is 10.2. The van der Waals surface area contributed by atoms with Crippen molar-refractivity contribution >= 4 is 52.0 Å². The number of nitro groups is 1. The Labute approximate surface area is 238 Å². The molecule has 11 nitrogen and oxygen atoms in total. The maximum atomic E-state index is 13.1. The van der Waals surface area contributed by atoms with Gasteiger partial charge in [0.15, 0.2) is 0 Å². The van der Waals surface area contributed by atoms with E-state index in [1.54, 1.807) is 12.1 Å². The molecule has 0 radical (unpaired) electrons. The van der Waals surface area contributed by atoms with E-state index >= 15 is 0 Å². The van der Waals surface area contributed by atoms with E-state index in [-0.39, 0.29) is 10.6 Å². The number of carbonyl (C=O) groups excluding carboxylic acids is 3. The molecular formula is C28H26FN5O6S. The molecule has 3 amide bonds. The lowest BCUT2D eigenvalue weighted by Crippen LogP contribution is -2.36. The molecule has 5 rings (SSSR count). The van der Waals surface area contributed by atoms with Crippen LogP contribution in [0.5, 0.6) is 0 Å². The standard InChI is InChI=1S/C28H26FN5O6S/c1-17-13-19(14-25-27(36)32(28(37)41-25)16-26(35)30-21-5-3-20(29)4-6-21)18(2)33(17)22-7-8-23(24(15-22)34(38)39)31-9-11-40-12-10-31/h3-8,13-15H,9-12,16H2,1-2H3,(H,30,35)/b25-14-. The van der Waals surface area contributed by atoms with Crippen molar-refractivity contribution in [3.8, 4) is 5.69 Å². The monoisotopic (exact) mass is 579 g/mol. The molecule has 212 valence electrons. The molecule has 0 bridgehead atoms. The molecule has 2 fully saturated rings. The third-order valence-electron chi connectivity index (χ3n) is 6.83. The summed E-state index contributed by atoms with van der Waals surface area (Å²) in [5, 5.41) is 13.9. The van der Waals surface area contributed by atoms with Gasteiger partial charge in [0, 0.05) is 36.2 Å². The van der Waals surface area contributed by atoms with Crippen LogP contribution < -0.4 is 10.2 Å². The highest BCUT2D eigenvalue weighted by Crippen LogP contribution is 2.35. The predicted octanol–water partition coefficient (Wildman–Crippen LogP) is 4.65. The van der Waals surface area contributed by atoms with Crippen LogP contribution in [-0.2, 0) is 14.3 Å².